The highest BCUT2D eigenvalue weighted by Gasteiger charge is 2.28. The Bertz CT molecular complexity index is 490. The fourth-order valence-electron chi connectivity index (χ4n) is 2.33. The van der Waals surface area contributed by atoms with E-state index < -0.39 is 12.7 Å². The molecule has 0 saturated carbocycles. The van der Waals surface area contributed by atoms with Crippen molar-refractivity contribution in [1.82, 2.24) is 14.7 Å². The molecular formula is C13H22BN3O4. The highest BCUT2D eigenvalue weighted by atomic mass is 16.6. The Hall–Kier alpha value is -1.54. The fraction of sp³-hybridized carbons (Fsp3) is 0.692. The van der Waals surface area contributed by atoms with Gasteiger partial charge in [0.1, 0.15) is 5.60 Å². The van der Waals surface area contributed by atoms with Gasteiger partial charge in [-0.15, -0.1) is 0 Å². The maximum absolute atomic E-state index is 12.0. The molecule has 0 spiro atoms. The summed E-state index contributed by atoms with van der Waals surface area (Å²) in [5.74, 6) is 0. The molecule has 2 rings (SSSR count). The third-order valence-electron chi connectivity index (χ3n) is 3.41. The number of nitrogens with zero attached hydrogens (tertiary/aromatic N) is 3. The molecule has 7 nitrogen and oxygen atoms in total. The van der Waals surface area contributed by atoms with Gasteiger partial charge in [-0.1, -0.05) is 0 Å². The minimum Gasteiger partial charge on any atom is -0.444 e. The van der Waals surface area contributed by atoms with Crippen LogP contribution >= 0.6 is 0 Å². The Kier molecular flexibility index (Phi) is 4.58. The summed E-state index contributed by atoms with van der Waals surface area (Å²) >= 11 is 0. The van der Waals surface area contributed by atoms with E-state index in [-0.39, 0.29) is 12.1 Å². The van der Waals surface area contributed by atoms with Gasteiger partial charge in [0.05, 0.1) is 6.04 Å². The molecule has 1 saturated heterocycles. The van der Waals surface area contributed by atoms with Gasteiger partial charge >= 0.3 is 13.2 Å². The summed E-state index contributed by atoms with van der Waals surface area (Å²) in [6.07, 6.45) is 4.33. The normalized spacial score (nSPS) is 16.9. The number of carbonyl (C=O) groups excluding carboxylic acids is 1. The summed E-state index contributed by atoms with van der Waals surface area (Å²) in [5.41, 5.74) is -0.105. The summed E-state index contributed by atoms with van der Waals surface area (Å²) in [4.78, 5) is 13.7. The molecule has 0 aromatic carbocycles. The zero-order valence-electron chi connectivity index (χ0n) is 12.7. The third-order valence-corrected chi connectivity index (χ3v) is 3.41. The number of piperidine rings is 1. The van der Waals surface area contributed by atoms with Crippen LogP contribution in [-0.4, -0.2) is 56.6 Å². The van der Waals surface area contributed by atoms with Gasteiger partial charge in [0.25, 0.3) is 0 Å². The van der Waals surface area contributed by atoms with Gasteiger partial charge in [0.2, 0.25) is 0 Å². The first kappa shape index (κ1) is 15.8. The second-order valence-electron chi connectivity index (χ2n) is 6.33. The second kappa shape index (κ2) is 6.07. The molecule has 1 aliphatic rings. The first-order valence-corrected chi connectivity index (χ1v) is 7.14. The number of hydrogen-bond donors (Lipinski definition) is 2. The molecule has 1 aliphatic heterocycles. The molecule has 1 fully saturated rings. The van der Waals surface area contributed by atoms with E-state index in [1.165, 1.54) is 6.20 Å². The molecule has 0 bridgehead atoms. The van der Waals surface area contributed by atoms with E-state index >= 15 is 0 Å². The highest BCUT2D eigenvalue weighted by molar-refractivity contribution is 6.58. The quantitative estimate of drug-likeness (QED) is 0.758. The monoisotopic (exact) mass is 295 g/mol. The standard InChI is InChI=1S/C13H22BN3O4/c1-13(2,3)21-12(18)16-6-4-11(5-7-16)17-9-10(8-15-17)14(19)20/h8-9,11,19-20H,4-7H2,1-3H3. The molecule has 1 aromatic rings. The molecule has 8 heteroatoms. The lowest BCUT2D eigenvalue weighted by Gasteiger charge is -2.33. The van der Waals surface area contributed by atoms with Crippen LogP contribution in [0.5, 0.6) is 0 Å². The molecule has 1 aromatic heterocycles. The average Bonchev–Trinajstić information content (AvgIpc) is 2.86. The van der Waals surface area contributed by atoms with Crippen molar-refractivity contribution < 1.29 is 19.6 Å². The molecule has 116 valence electrons. The van der Waals surface area contributed by atoms with Crippen molar-refractivity contribution in [3.63, 3.8) is 0 Å². The minimum absolute atomic E-state index is 0.163. The molecule has 0 atom stereocenters. The number of rotatable bonds is 2. The van der Waals surface area contributed by atoms with Gasteiger partial charge in [0.15, 0.2) is 0 Å². The molecule has 2 N–H and O–H groups in total. The average molecular weight is 295 g/mol. The van der Waals surface area contributed by atoms with Crippen LogP contribution in [0, 0.1) is 0 Å². The zero-order chi connectivity index (χ0) is 15.6. The van der Waals surface area contributed by atoms with Gasteiger partial charge in [-0.05, 0) is 33.6 Å². The zero-order valence-corrected chi connectivity index (χ0v) is 12.7. The third kappa shape index (κ3) is 4.21. The number of hydrogen-bond acceptors (Lipinski definition) is 5. The highest BCUT2D eigenvalue weighted by Crippen LogP contribution is 2.22. The van der Waals surface area contributed by atoms with Crippen LogP contribution in [0.2, 0.25) is 0 Å². The van der Waals surface area contributed by atoms with E-state index in [0.717, 1.165) is 12.8 Å². The van der Waals surface area contributed by atoms with Gasteiger partial charge < -0.3 is 19.7 Å². The van der Waals surface area contributed by atoms with Gasteiger partial charge in [-0.25, -0.2) is 4.79 Å². The topological polar surface area (TPSA) is 87.8 Å². The predicted octanol–water partition coefficient (Wildman–Crippen LogP) is 0.135. The smallest absolute Gasteiger partial charge is 0.444 e. The summed E-state index contributed by atoms with van der Waals surface area (Å²) in [7, 11) is -1.50. The Morgan fingerprint density at radius 1 is 1.38 bits per heavy atom. The van der Waals surface area contributed by atoms with Crippen molar-refractivity contribution in [2.45, 2.75) is 45.3 Å². The molecule has 1 amide bonds. The van der Waals surface area contributed by atoms with E-state index in [1.54, 1.807) is 15.8 Å². The molecular weight excluding hydrogens is 273 g/mol. The molecule has 21 heavy (non-hydrogen) atoms. The van der Waals surface area contributed by atoms with Crippen molar-refractivity contribution in [1.29, 1.82) is 0 Å². The molecule has 0 aliphatic carbocycles. The lowest BCUT2D eigenvalue weighted by molar-refractivity contribution is 0.0185. The maximum Gasteiger partial charge on any atom is 0.491 e. The van der Waals surface area contributed by atoms with Crippen molar-refractivity contribution in [2.24, 2.45) is 0 Å². The molecule has 0 radical (unpaired) electrons. The maximum atomic E-state index is 12.0. The Labute approximate surface area is 124 Å². The Morgan fingerprint density at radius 2 is 2.00 bits per heavy atom. The van der Waals surface area contributed by atoms with Crippen molar-refractivity contribution >= 4 is 18.7 Å². The number of likely N-dealkylation sites (tertiary alicyclic amines) is 1. The largest absolute Gasteiger partial charge is 0.491 e. The Morgan fingerprint density at radius 3 is 2.48 bits per heavy atom. The summed E-state index contributed by atoms with van der Waals surface area (Å²) < 4.78 is 7.09. The number of aromatic nitrogens is 2. The predicted molar refractivity (Wildman–Crippen MR) is 78.1 cm³/mol. The summed E-state index contributed by atoms with van der Waals surface area (Å²) in [5, 5.41) is 22.3. The van der Waals surface area contributed by atoms with E-state index in [0.29, 0.717) is 18.6 Å². The van der Waals surface area contributed by atoms with Crippen molar-refractivity contribution in [3.05, 3.63) is 12.4 Å². The first-order valence-electron chi connectivity index (χ1n) is 7.14. The number of ether oxygens (including phenoxy) is 1. The van der Waals surface area contributed by atoms with Gasteiger partial charge in [0, 0.05) is 30.9 Å². The van der Waals surface area contributed by atoms with Crippen LogP contribution in [0.3, 0.4) is 0 Å². The van der Waals surface area contributed by atoms with Crippen LogP contribution < -0.4 is 5.46 Å². The molecule has 0 unspecified atom stereocenters. The van der Waals surface area contributed by atoms with Crippen molar-refractivity contribution in [3.8, 4) is 0 Å². The van der Waals surface area contributed by atoms with Crippen LogP contribution in [0.4, 0.5) is 4.79 Å². The summed E-state index contributed by atoms with van der Waals surface area (Å²) in [6, 6.07) is 0.163. The number of carbonyl (C=O) groups is 1. The van der Waals surface area contributed by atoms with Gasteiger partial charge in [-0.2, -0.15) is 5.10 Å². The van der Waals surface area contributed by atoms with E-state index in [9.17, 15) is 4.79 Å². The lowest BCUT2D eigenvalue weighted by atomic mass is 9.83. The fourth-order valence-corrected chi connectivity index (χ4v) is 2.33. The van der Waals surface area contributed by atoms with Crippen LogP contribution in [0.1, 0.15) is 39.7 Å². The van der Waals surface area contributed by atoms with E-state index in [1.807, 2.05) is 20.8 Å². The molecule has 2 heterocycles. The van der Waals surface area contributed by atoms with Crippen LogP contribution in [-0.2, 0) is 4.74 Å². The Balaban J connectivity index is 1.89. The SMILES string of the molecule is CC(C)(C)OC(=O)N1CCC(n2cc(B(O)O)cn2)CC1. The second-order valence-corrected chi connectivity index (χ2v) is 6.33. The van der Waals surface area contributed by atoms with Crippen molar-refractivity contribution in [2.75, 3.05) is 13.1 Å². The van der Waals surface area contributed by atoms with Gasteiger partial charge in [-0.3, -0.25) is 4.68 Å². The summed E-state index contributed by atoms with van der Waals surface area (Å²) in [6.45, 7) is 6.77. The van der Waals surface area contributed by atoms with E-state index in [2.05, 4.69) is 5.10 Å². The van der Waals surface area contributed by atoms with Crippen LogP contribution in [0.15, 0.2) is 12.4 Å². The van der Waals surface area contributed by atoms with E-state index in [4.69, 9.17) is 14.8 Å². The minimum atomic E-state index is -1.50. The first-order chi connectivity index (χ1) is 9.76. The number of amides is 1. The van der Waals surface area contributed by atoms with Crippen LogP contribution in [0.25, 0.3) is 0 Å². The lowest BCUT2D eigenvalue weighted by Crippen LogP contribution is -2.42.